The van der Waals surface area contributed by atoms with Crippen molar-refractivity contribution < 1.29 is 9.53 Å². The zero-order valence-electron chi connectivity index (χ0n) is 11.5. The maximum atomic E-state index is 12.1. The molecule has 0 aromatic heterocycles. The highest BCUT2D eigenvalue weighted by molar-refractivity contribution is 9.10. The number of ether oxygens (including phenoxy) is 1. The van der Waals surface area contributed by atoms with Gasteiger partial charge in [-0.15, -0.1) is 0 Å². The molecule has 1 aromatic carbocycles. The van der Waals surface area contributed by atoms with Crippen LogP contribution in [-0.2, 0) is 4.79 Å². The van der Waals surface area contributed by atoms with E-state index in [1.54, 1.807) is 0 Å². The minimum atomic E-state index is -0.673. The van der Waals surface area contributed by atoms with Gasteiger partial charge in [0.15, 0.2) is 0 Å². The Bertz CT molecular complexity index is 459. The molecule has 1 amide bonds. The quantitative estimate of drug-likeness (QED) is 0.809. The Hall–Kier alpha value is -1.07. The third kappa shape index (κ3) is 4.21. The Morgan fingerprint density at radius 2 is 2.10 bits per heavy atom. The summed E-state index contributed by atoms with van der Waals surface area (Å²) in [5.74, 6) is 0.740. The van der Waals surface area contributed by atoms with Crippen LogP contribution in [0.2, 0.25) is 0 Å². The summed E-state index contributed by atoms with van der Waals surface area (Å²) in [6, 6.07) is 7.64. The lowest BCUT2D eigenvalue weighted by Crippen LogP contribution is -2.55. The molecule has 2 rings (SSSR count). The zero-order valence-corrected chi connectivity index (χ0v) is 13.1. The molecule has 0 unspecified atom stereocenters. The van der Waals surface area contributed by atoms with Gasteiger partial charge >= 0.3 is 0 Å². The molecule has 0 aliphatic heterocycles. The molecular weight excluding hydrogens is 320 g/mol. The van der Waals surface area contributed by atoms with Gasteiger partial charge in [-0.2, -0.15) is 0 Å². The zero-order chi connectivity index (χ0) is 14.4. The fourth-order valence-electron chi connectivity index (χ4n) is 2.48. The molecule has 4 nitrogen and oxygen atoms in total. The van der Waals surface area contributed by atoms with Crippen molar-refractivity contribution in [2.75, 3.05) is 13.2 Å². The van der Waals surface area contributed by atoms with Gasteiger partial charge in [-0.3, -0.25) is 4.79 Å². The van der Waals surface area contributed by atoms with E-state index in [4.69, 9.17) is 10.5 Å². The average Bonchev–Trinajstić information content (AvgIpc) is 2.44. The molecule has 0 heterocycles. The van der Waals surface area contributed by atoms with Gasteiger partial charge in [-0.1, -0.05) is 41.3 Å². The number of carbonyl (C=O) groups is 1. The number of halogens is 1. The Labute approximate surface area is 128 Å². The fourth-order valence-corrected chi connectivity index (χ4v) is 2.85. The van der Waals surface area contributed by atoms with Crippen LogP contribution in [0.4, 0.5) is 0 Å². The van der Waals surface area contributed by atoms with Crippen LogP contribution in [0, 0.1) is 0 Å². The van der Waals surface area contributed by atoms with Crippen molar-refractivity contribution in [1.82, 2.24) is 5.32 Å². The lowest BCUT2D eigenvalue weighted by molar-refractivity contribution is -0.127. The van der Waals surface area contributed by atoms with E-state index in [0.29, 0.717) is 13.2 Å². The largest absolute Gasteiger partial charge is 0.492 e. The molecule has 20 heavy (non-hydrogen) atoms. The predicted molar refractivity (Wildman–Crippen MR) is 82.7 cm³/mol. The highest BCUT2D eigenvalue weighted by atomic mass is 79.9. The van der Waals surface area contributed by atoms with Crippen molar-refractivity contribution >= 4 is 21.8 Å². The van der Waals surface area contributed by atoms with Crippen LogP contribution in [0.25, 0.3) is 0 Å². The van der Waals surface area contributed by atoms with Crippen molar-refractivity contribution in [2.45, 2.75) is 37.6 Å². The van der Waals surface area contributed by atoms with Gasteiger partial charge in [0.2, 0.25) is 5.91 Å². The van der Waals surface area contributed by atoms with E-state index >= 15 is 0 Å². The second-order valence-corrected chi connectivity index (χ2v) is 6.19. The molecule has 1 aliphatic rings. The van der Waals surface area contributed by atoms with Crippen LogP contribution < -0.4 is 15.8 Å². The van der Waals surface area contributed by atoms with Gasteiger partial charge in [0, 0.05) is 4.47 Å². The monoisotopic (exact) mass is 340 g/mol. The minimum Gasteiger partial charge on any atom is -0.492 e. The van der Waals surface area contributed by atoms with Crippen LogP contribution in [0.5, 0.6) is 5.75 Å². The minimum absolute atomic E-state index is 0.0463. The molecule has 0 radical (unpaired) electrons. The second kappa shape index (κ2) is 7.09. The maximum absolute atomic E-state index is 12.1. The number of benzene rings is 1. The Morgan fingerprint density at radius 3 is 2.80 bits per heavy atom. The third-order valence-corrected chi connectivity index (χ3v) is 4.14. The number of carbonyl (C=O) groups excluding carboxylic acids is 1. The van der Waals surface area contributed by atoms with Crippen LogP contribution in [0.3, 0.4) is 0 Å². The molecule has 1 aliphatic carbocycles. The standard InChI is InChI=1S/C15H21BrN2O2/c16-12-5-4-6-13(11-12)20-10-9-18-14(19)15(17)7-2-1-3-8-15/h4-6,11H,1-3,7-10,17H2,(H,18,19). The topological polar surface area (TPSA) is 64.4 Å². The highest BCUT2D eigenvalue weighted by Gasteiger charge is 2.34. The molecule has 5 heteroatoms. The van der Waals surface area contributed by atoms with Crippen LogP contribution in [0.1, 0.15) is 32.1 Å². The Kier molecular flexibility index (Phi) is 5.43. The van der Waals surface area contributed by atoms with Gasteiger partial charge < -0.3 is 15.8 Å². The van der Waals surface area contributed by atoms with Gasteiger partial charge in [0.05, 0.1) is 12.1 Å². The molecular formula is C15H21BrN2O2. The van der Waals surface area contributed by atoms with E-state index in [2.05, 4.69) is 21.2 Å². The molecule has 0 spiro atoms. The van der Waals surface area contributed by atoms with Crippen molar-refractivity contribution in [3.63, 3.8) is 0 Å². The number of hydrogen-bond acceptors (Lipinski definition) is 3. The van der Waals surface area contributed by atoms with E-state index < -0.39 is 5.54 Å². The number of nitrogens with one attached hydrogen (secondary N) is 1. The molecule has 1 aromatic rings. The van der Waals surface area contributed by atoms with E-state index in [9.17, 15) is 4.79 Å². The smallest absolute Gasteiger partial charge is 0.240 e. The molecule has 3 N–H and O–H groups in total. The summed E-state index contributed by atoms with van der Waals surface area (Å²) in [5.41, 5.74) is 5.48. The molecule has 0 bridgehead atoms. The van der Waals surface area contributed by atoms with Gasteiger partial charge in [-0.25, -0.2) is 0 Å². The van der Waals surface area contributed by atoms with Gasteiger partial charge in [-0.05, 0) is 31.0 Å². The normalized spacial score (nSPS) is 17.5. The maximum Gasteiger partial charge on any atom is 0.240 e. The molecule has 110 valence electrons. The third-order valence-electron chi connectivity index (χ3n) is 3.65. The van der Waals surface area contributed by atoms with E-state index in [1.165, 1.54) is 6.42 Å². The molecule has 1 fully saturated rings. The fraction of sp³-hybridized carbons (Fsp3) is 0.533. The van der Waals surface area contributed by atoms with Crippen LogP contribution in [0.15, 0.2) is 28.7 Å². The second-order valence-electron chi connectivity index (χ2n) is 5.28. The summed E-state index contributed by atoms with van der Waals surface area (Å²) >= 11 is 3.39. The van der Waals surface area contributed by atoms with E-state index in [0.717, 1.165) is 35.9 Å². The van der Waals surface area contributed by atoms with Crippen molar-refractivity contribution in [3.05, 3.63) is 28.7 Å². The molecule has 0 saturated heterocycles. The van der Waals surface area contributed by atoms with E-state index in [1.807, 2.05) is 24.3 Å². The number of hydrogen-bond donors (Lipinski definition) is 2. The highest BCUT2D eigenvalue weighted by Crippen LogP contribution is 2.25. The van der Waals surface area contributed by atoms with Crippen LogP contribution in [-0.4, -0.2) is 24.6 Å². The predicted octanol–water partition coefficient (Wildman–Crippen LogP) is 2.61. The first-order valence-electron chi connectivity index (χ1n) is 7.06. The van der Waals surface area contributed by atoms with Crippen molar-refractivity contribution in [1.29, 1.82) is 0 Å². The molecule has 1 saturated carbocycles. The summed E-state index contributed by atoms with van der Waals surface area (Å²) in [7, 11) is 0. The SMILES string of the molecule is NC1(C(=O)NCCOc2cccc(Br)c2)CCCCC1. The summed E-state index contributed by atoms with van der Waals surface area (Å²) in [6.07, 6.45) is 4.83. The Balaban J connectivity index is 1.71. The van der Waals surface area contributed by atoms with Crippen LogP contribution >= 0.6 is 15.9 Å². The first-order chi connectivity index (χ1) is 9.60. The molecule has 0 atom stereocenters. The van der Waals surface area contributed by atoms with E-state index in [-0.39, 0.29) is 5.91 Å². The summed E-state index contributed by atoms with van der Waals surface area (Å²) < 4.78 is 6.55. The summed E-state index contributed by atoms with van der Waals surface area (Å²) in [5, 5.41) is 2.88. The summed E-state index contributed by atoms with van der Waals surface area (Å²) in [4.78, 5) is 12.1. The van der Waals surface area contributed by atoms with Gasteiger partial charge in [0.1, 0.15) is 12.4 Å². The summed E-state index contributed by atoms with van der Waals surface area (Å²) in [6.45, 7) is 0.919. The number of amides is 1. The lowest BCUT2D eigenvalue weighted by Gasteiger charge is -2.31. The lowest BCUT2D eigenvalue weighted by atomic mass is 9.82. The first kappa shape index (κ1) is 15.3. The first-order valence-corrected chi connectivity index (χ1v) is 7.85. The number of nitrogens with two attached hydrogens (primary N) is 1. The average molecular weight is 341 g/mol. The van der Waals surface area contributed by atoms with Crippen molar-refractivity contribution in [3.8, 4) is 5.75 Å². The van der Waals surface area contributed by atoms with Gasteiger partial charge in [0.25, 0.3) is 0 Å². The Morgan fingerprint density at radius 1 is 1.35 bits per heavy atom. The van der Waals surface area contributed by atoms with Crippen molar-refractivity contribution in [2.24, 2.45) is 5.73 Å². The number of rotatable bonds is 5.